The number of benzene rings is 5. The van der Waals surface area contributed by atoms with Gasteiger partial charge in [-0.1, -0.05) is 97.6 Å². The predicted octanol–water partition coefficient (Wildman–Crippen LogP) is 8.52. The highest BCUT2D eigenvalue weighted by atomic mass is 16.4. The first-order valence-electron chi connectivity index (χ1n) is 12.9. The van der Waals surface area contributed by atoms with Gasteiger partial charge in [0.15, 0.2) is 5.58 Å². The average Bonchev–Trinajstić information content (AvgIpc) is 3.32. The first kappa shape index (κ1) is 22.9. The molecule has 5 aromatic carbocycles. The largest absolute Gasteiger partial charge is 0.420 e. The molecule has 186 valence electrons. The number of rotatable bonds is 4. The topological polar surface area (TPSA) is 47.5 Å². The van der Waals surface area contributed by atoms with E-state index in [0.29, 0.717) is 16.7 Å². The zero-order valence-corrected chi connectivity index (χ0v) is 21.4. The molecule has 39 heavy (non-hydrogen) atoms. The van der Waals surface area contributed by atoms with Crippen molar-refractivity contribution in [3.8, 4) is 5.69 Å². The fourth-order valence-corrected chi connectivity index (χ4v) is 5.56. The SMILES string of the molecule is C=C(N=C(C)c1ccccc1)c1ccccc1-n1c2ccccc2c2ccc3c4ccccc4c(=O)oc3c21. The van der Waals surface area contributed by atoms with Gasteiger partial charge in [0.25, 0.3) is 0 Å². The highest BCUT2D eigenvalue weighted by molar-refractivity contribution is 6.20. The maximum Gasteiger partial charge on any atom is 0.344 e. The van der Waals surface area contributed by atoms with Crippen LogP contribution in [-0.2, 0) is 0 Å². The van der Waals surface area contributed by atoms with E-state index in [9.17, 15) is 4.79 Å². The molecule has 0 unspecified atom stereocenters. The summed E-state index contributed by atoms with van der Waals surface area (Å²) < 4.78 is 8.26. The molecular weight excluding hydrogens is 480 g/mol. The van der Waals surface area contributed by atoms with E-state index in [1.807, 2.05) is 91.9 Å². The molecule has 0 spiro atoms. The smallest absolute Gasteiger partial charge is 0.344 e. The van der Waals surface area contributed by atoms with Crippen molar-refractivity contribution in [3.63, 3.8) is 0 Å². The van der Waals surface area contributed by atoms with Gasteiger partial charge in [0.1, 0.15) is 0 Å². The number of hydrogen-bond acceptors (Lipinski definition) is 3. The number of nitrogens with zero attached hydrogens (tertiary/aromatic N) is 2. The maximum absolute atomic E-state index is 13.1. The molecule has 4 heteroatoms. The molecule has 0 amide bonds. The van der Waals surface area contributed by atoms with Crippen LogP contribution in [0.4, 0.5) is 0 Å². The number of fused-ring (bicyclic) bond motifs is 7. The van der Waals surface area contributed by atoms with E-state index >= 15 is 0 Å². The summed E-state index contributed by atoms with van der Waals surface area (Å²) in [4.78, 5) is 18.0. The molecule has 7 aromatic rings. The second-order valence-corrected chi connectivity index (χ2v) is 9.65. The van der Waals surface area contributed by atoms with Crippen molar-refractivity contribution in [1.29, 1.82) is 0 Å². The molecule has 2 heterocycles. The lowest BCUT2D eigenvalue weighted by molar-refractivity contribution is 0.572. The molecule has 0 aliphatic carbocycles. The van der Waals surface area contributed by atoms with Crippen LogP contribution in [0.1, 0.15) is 18.1 Å². The summed E-state index contributed by atoms with van der Waals surface area (Å²) in [5, 5.41) is 4.45. The summed E-state index contributed by atoms with van der Waals surface area (Å²) in [5.74, 6) is 0. The van der Waals surface area contributed by atoms with Gasteiger partial charge in [-0.3, -0.25) is 4.99 Å². The Balaban J connectivity index is 1.56. The second kappa shape index (κ2) is 8.96. The molecule has 0 fully saturated rings. The summed E-state index contributed by atoms with van der Waals surface area (Å²) in [6, 6.07) is 38.3. The Kier molecular flexibility index (Phi) is 5.27. The van der Waals surface area contributed by atoms with Crippen molar-refractivity contribution >= 4 is 55.0 Å². The maximum atomic E-state index is 13.1. The van der Waals surface area contributed by atoms with E-state index in [0.717, 1.165) is 55.1 Å². The quantitative estimate of drug-likeness (QED) is 0.137. The third-order valence-electron chi connectivity index (χ3n) is 7.37. The first-order chi connectivity index (χ1) is 19.1. The molecule has 0 bridgehead atoms. The van der Waals surface area contributed by atoms with Crippen molar-refractivity contribution in [2.75, 3.05) is 0 Å². The summed E-state index contributed by atoms with van der Waals surface area (Å²) >= 11 is 0. The van der Waals surface area contributed by atoms with Crippen LogP contribution in [0, 0.1) is 0 Å². The Morgan fingerprint density at radius 2 is 1.33 bits per heavy atom. The van der Waals surface area contributed by atoms with Crippen LogP contribution in [0.3, 0.4) is 0 Å². The van der Waals surface area contributed by atoms with Crippen LogP contribution >= 0.6 is 0 Å². The van der Waals surface area contributed by atoms with Gasteiger partial charge < -0.3 is 8.98 Å². The number of aliphatic imine (C=N–C) groups is 1. The minimum absolute atomic E-state index is 0.344. The van der Waals surface area contributed by atoms with Crippen LogP contribution in [0.15, 0.2) is 136 Å². The monoisotopic (exact) mass is 504 g/mol. The molecule has 4 nitrogen and oxygen atoms in total. The zero-order chi connectivity index (χ0) is 26.5. The summed E-state index contributed by atoms with van der Waals surface area (Å²) in [6.45, 7) is 6.36. The number of hydrogen-bond donors (Lipinski definition) is 0. The van der Waals surface area contributed by atoms with Gasteiger partial charge in [-0.25, -0.2) is 4.79 Å². The normalized spacial score (nSPS) is 12.1. The van der Waals surface area contributed by atoms with Crippen LogP contribution in [0.2, 0.25) is 0 Å². The minimum atomic E-state index is -0.344. The van der Waals surface area contributed by atoms with E-state index in [2.05, 4.69) is 41.5 Å². The third-order valence-corrected chi connectivity index (χ3v) is 7.37. The fraction of sp³-hybridized carbons (Fsp3) is 0.0286. The molecular formula is C35H24N2O2. The van der Waals surface area contributed by atoms with Crippen LogP contribution in [-0.4, -0.2) is 10.3 Å². The molecule has 0 N–H and O–H groups in total. The fourth-order valence-electron chi connectivity index (χ4n) is 5.56. The van der Waals surface area contributed by atoms with Crippen molar-refractivity contribution in [2.24, 2.45) is 4.99 Å². The standard InChI is InChI=1S/C35H24N2O2/c1-22(24-12-4-3-5-13-24)36-23(2)25-14-8-10-18-31(25)37-32-19-11-9-16-27(32)28-20-21-29-26-15-6-7-17-30(26)35(38)39-34(29)33(28)37/h3-21H,2H2,1H3. The summed E-state index contributed by atoms with van der Waals surface area (Å²) in [5.41, 5.74) is 6.50. The highest BCUT2D eigenvalue weighted by Crippen LogP contribution is 2.39. The predicted molar refractivity (Wildman–Crippen MR) is 162 cm³/mol. The Morgan fingerprint density at radius 1 is 0.692 bits per heavy atom. The first-order valence-corrected chi connectivity index (χ1v) is 12.9. The van der Waals surface area contributed by atoms with Crippen molar-refractivity contribution in [1.82, 2.24) is 4.57 Å². The summed E-state index contributed by atoms with van der Waals surface area (Å²) in [7, 11) is 0. The number of para-hydroxylation sites is 2. The molecule has 0 radical (unpaired) electrons. The van der Waals surface area contributed by atoms with Crippen LogP contribution in [0.25, 0.3) is 54.9 Å². The summed E-state index contributed by atoms with van der Waals surface area (Å²) in [6.07, 6.45) is 0. The van der Waals surface area contributed by atoms with Gasteiger partial charge in [-0.15, -0.1) is 0 Å². The van der Waals surface area contributed by atoms with E-state index in [1.54, 1.807) is 0 Å². The van der Waals surface area contributed by atoms with Gasteiger partial charge in [0.05, 0.1) is 27.8 Å². The van der Waals surface area contributed by atoms with Gasteiger partial charge >= 0.3 is 5.63 Å². The lowest BCUT2D eigenvalue weighted by Gasteiger charge is -2.15. The minimum Gasteiger partial charge on any atom is -0.420 e. The van der Waals surface area contributed by atoms with Crippen molar-refractivity contribution in [3.05, 3.63) is 143 Å². The Hall–Kier alpha value is -5.22. The average molecular weight is 505 g/mol. The van der Waals surface area contributed by atoms with E-state index in [4.69, 9.17) is 9.41 Å². The third kappa shape index (κ3) is 3.61. The molecule has 0 saturated heterocycles. The van der Waals surface area contributed by atoms with Crippen LogP contribution < -0.4 is 5.63 Å². The van der Waals surface area contributed by atoms with Gasteiger partial charge in [0.2, 0.25) is 0 Å². The van der Waals surface area contributed by atoms with Crippen LogP contribution in [0.5, 0.6) is 0 Å². The molecule has 0 aliphatic rings. The Labute approximate surface area is 224 Å². The molecule has 7 rings (SSSR count). The second-order valence-electron chi connectivity index (χ2n) is 9.65. The van der Waals surface area contributed by atoms with E-state index in [1.165, 1.54) is 0 Å². The van der Waals surface area contributed by atoms with Gasteiger partial charge in [0, 0.05) is 27.4 Å². The van der Waals surface area contributed by atoms with E-state index < -0.39 is 0 Å². The van der Waals surface area contributed by atoms with Crippen molar-refractivity contribution in [2.45, 2.75) is 6.92 Å². The molecule has 0 saturated carbocycles. The van der Waals surface area contributed by atoms with Gasteiger partial charge in [-0.2, -0.15) is 0 Å². The molecule has 0 aliphatic heterocycles. The van der Waals surface area contributed by atoms with E-state index in [-0.39, 0.29) is 5.63 Å². The lowest BCUT2D eigenvalue weighted by atomic mass is 10.0. The molecule has 2 aromatic heterocycles. The number of aromatic nitrogens is 1. The molecule has 0 atom stereocenters. The highest BCUT2D eigenvalue weighted by Gasteiger charge is 2.20. The Morgan fingerprint density at radius 3 is 2.15 bits per heavy atom. The van der Waals surface area contributed by atoms with Crippen molar-refractivity contribution < 1.29 is 4.42 Å². The zero-order valence-electron chi connectivity index (χ0n) is 21.4. The lowest BCUT2D eigenvalue weighted by Crippen LogP contribution is -2.03. The van der Waals surface area contributed by atoms with Gasteiger partial charge in [-0.05, 0) is 42.1 Å². The Bertz CT molecular complexity index is 2170.